The molecule has 0 saturated carbocycles. The third kappa shape index (κ3) is 3.40. The van der Waals surface area contributed by atoms with Crippen LogP contribution in [0.15, 0.2) is 0 Å². The Bertz CT molecular complexity index is 246. The lowest BCUT2D eigenvalue weighted by molar-refractivity contribution is -0.141. The van der Waals surface area contributed by atoms with Crippen LogP contribution in [0.25, 0.3) is 0 Å². The number of aliphatic hydroxyl groups excluding tert-OH is 1. The van der Waals surface area contributed by atoms with Crippen LogP contribution in [0, 0.1) is 5.92 Å². The quantitative estimate of drug-likeness (QED) is 0.728. The molecule has 2 aliphatic rings. The Morgan fingerprint density at radius 2 is 2.06 bits per heavy atom. The van der Waals surface area contributed by atoms with Gasteiger partial charge in [0.1, 0.15) is 0 Å². The van der Waals surface area contributed by atoms with Crippen molar-refractivity contribution in [1.82, 2.24) is 9.80 Å². The highest BCUT2D eigenvalue weighted by atomic mass is 16.5. The number of rotatable bonds is 3. The van der Waals surface area contributed by atoms with Crippen molar-refractivity contribution in [2.45, 2.75) is 12.8 Å². The van der Waals surface area contributed by atoms with E-state index in [1.807, 2.05) is 4.90 Å². The summed E-state index contributed by atoms with van der Waals surface area (Å²) in [6, 6.07) is 0. The third-order valence-electron chi connectivity index (χ3n) is 3.61. The molecule has 98 valence electrons. The number of piperazine rings is 1. The SMILES string of the molecule is O=C(C1CCCOC1)N1CCN(CCO)CC1. The molecule has 0 aliphatic carbocycles. The number of hydrogen-bond acceptors (Lipinski definition) is 4. The number of ether oxygens (including phenoxy) is 1. The minimum atomic E-state index is 0.0770. The normalized spacial score (nSPS) is 27.1. The van der Waals surface area contributed by atoms with Crippen LogP contribution in [0.5, 0.6) is 0 Å². The molecule has 0 radical (unpaired) electrons. The van der Waals surface area contributed by atoms with Gasteiger partial charge in [-0.05, 0) is 12.8 Å². The second kappa shape index (κ2) is 6.33. The van der Waals surface area contributed by atoms with Crippen LogP contribution >= 0.6 is 0 Å². The average Bonchev–Trinajstić information content (AvgIpc) is 2.40. The molecule has 0 aromatic heterocycles. The standard InChI is InChI=1S/C12H22N2O3/c15-8-7-13-3-5-14(6-4-13)12(16)11-2-1-9-17-10-11/h11,15H,1-10H2. The predicted octanol–water partition coefficient (Wildman–Crippen LogP) is -0.450. The zero-order valence-corrected chi connectivity index (χ0v) is 10.3. The first kappa shape index (κ1) is 12.8. The number of carbonyl (C=O) groups excluding carboxylic acids is 1. The monoisotopic (exact) mass is 242 g/mol. The van der Waals surface area contributed by atoms with Gasteiger partial charge in [-0.25, -0.2) is 0 Å². The second-order valence-electron chi connectivity index (χ2n) is 4.80. The van der Waals surface area contributed by atoms with Gasteiger partial charge in [-0.15, -0.1) is 0 Å². The van der Waals surface area contributed by atoms with Crippen molar-refractivity contribution in [2.24, 2.45) is 5.92 Å². The van der Waals surface area contributed by atoms with Crippen molar-refractivity contribution in [2.75, 3.05) is 52.5 Å². The van der Waals surface area contributed by atoms with Crippen LogP contribution in [0.1, 0.15) is 12.8 Å². The van der Waals surface area contributed by atoms with Crippen LogP contribution in [0.4, 0.5) is 0 Å². The molecule has 17 heavy (non-hydrogen) atoms. The molecule has 2 aliphatic heterocycles. The fraction of sp³-hybridized carbons (Fsp3) is 0.917. The molecular formula is C12H22N2O3. The van der Waals surface area contributed by atoms with Crippen LogP contribution < -0.4 is 0 Å². The van der Waals surface area contributed by atoms with Gasteiger partial charge in [0.2, 0.25) is 5.91 Å². The van der Waals surface area contributed by atoms with E-state index >= 15 is 0 Å². The van der Waals surface area contributed by atoms with E-state index in [-0.39, 0.29) is 18.4 Å². The van der Waals surface area contributed by atoms with Crippen molar-refractivity contribution in [3.63, 3.8) is 0 Å². The van der Waals surface area contributed by atoms with Gasteiger partial charge < -0.3 is 14.7 Å². The molecule has 0 aromatic rings. The second-order valence-corrected chi connectivity index (χ2v) is 4.80. The summed E-state index contributed by atoms with van der Waals surface area (Å²) in [4.78, 5) is 16.3. The predicted molar refractivity (Wildman–Crippen MR) is 63.6 cm³/mol. The van der Waals surface area contributed by atoms with E-state index in [9.17, 15) is 4.79 Å². The highest BCUT2D eigenvalue weighted by molar-refractivity contribution is 5.79. The van der Waals surface area contributed by atoms with Crippen molar-refractivity contribution >= 4 is 5.91 Å². The summed E-state index contributed by atoms with van der Waals surface area (Å²) in [5.41, 5.74) is 0. The minimum Gasteiger partial charge on any atom is -0.395 e. The molecule has 1 atom stereocenters. The molecule has 2 heterocycles. The van der Waals surface area contributed by atoms with Crippen LogP contribution in [0.3, 0.4) is 0 Å². The number of carbonyl (C=O) groups is 1. The number of amides is 1. The number of hydrogen-bond donors (Lipinski definition) is 1. The van der Waals surface area contributed by atoms with E-state index in [1.54, 1.807) is 0 Å². The highest BCUT2D eigenvalue weighted by Gasteiger charge is 2.28. The Morgan fingerprint density at radius 3 is 2.65 bits per heavy atom. The van der Waals surface area contributed by atoms with Crippen LogP contribution in [0.2, 0.25) is 0 Å². The van der Waals surface area contributed by atoms with Gasteiger partial charge in [0.25, 0.3) is 0 Å². The Morgan fingerprint density at radius 1 is 1.29 bits per heavy atom. The average molecular weight is 242 g/mol. The first-order chi connectivity index (χ1) is 8.31. The fourth-order valence-electron chi connectivity index (χ4n) is 2.53. The third-order valence-corrected chi connectivity index (χ3v) is 3.61. The van der Waals surface area contributed by atoms with Gasteiger partial charge in [0.15, 0.2) is 0 Å². The summed E-state index contributed by atoms with van der Waals surface area (Å²) in [6.45, 7) is 5.63. The van der Waals surface area contributed by atoms with Crippen LogP contribution in [-0.2, 0) is 9.53 Å². The largest absolute Gasteiger partial charge is 0.395 e. The lowest BCUT2D eigenvalue weighted by atomic mass is 10.0. The molecule has 2 saturated heterocycles. The van der Waals surface area contributed by atoms with Crippen molar-refractivity contribution in [1.29, 1.82) is 0 Å². The van der Waals surface area contributed by atoms with Gasteiger partial charge in [0.05, 0.1) is 19.1 Å². The first-order valence-electron chi connectivity index (χ1n) is 6.51. The highest BCUT2D eigenvalue weighted by Crippen LogP contribution is 2.17. The van der Waals surface area contributed by atoms with Gasteiger partial charge >= 0.3 is 0 Å². The molecule has 5 nitrogen and oxygen atoms in total. The molecule has 2 rings (SSSR count). The number of β-amino-alcohol motifs (C(OH)–C–C–N with tert-alkyl or cyclic N) is 1. The molecule has 0 aromatic carbocycles. The van der Waals surface area contributed by atoms with E-state index in [0.29, 0.717) is 13.2 Å². The molecule has 1 unspecified atom stereocenters. The maximum atomic E-state index is 12.2. The molecule has 1 amide bonds. The summed E-state index contributed by atoms with van der Waals surface area (Å²) in [5.74, 6) is 0.335. The lowest BCUT2D eigenvalue weighted by Crippen LogP contribution is -2.51. The maximum absolute atomic E-state index is 12.2. The number of nitrogens with zero attached hydrogens (tertiary/aromatic N) is 2. The fourth-order valence-corrected chi connectivity index (χ4v) is 2.53. The Balaban J connectivity index is 1.77. The molecular weight excluding hydrogens is 220 g/mol. The lowest BCUT2D eigenvalue weighted by Gasteiger charge is -2.36. The Hall–Kier alpha value is -0.650. The summed E-state index contributed by atoms with van der Waals surface area (Å²) in [6.07, 6.45) is 1.97. The molecule has 1 N–H and O–H groups in total. The Labute approximate surface area is 102 Å². The minimum absolute atomic E-state index is 0.0770. The molecule has 2 fully saturated rings. The van der Waals surface area contributed by atoms with Crippen molar-refractivity contribution < 1.29 is 14.6 Å². The first-order valence-corrected chi connectivity index (χ1v) is 6.51. The number of aliphatic hydroxyl groups is 1. The zero-order chi connectivity index (χ0) is 12.1. The van der Waals surface area contributed by atoms with Crippen molar-refractivity contribution in [3.8, 4) is 0 Å². The van der Waals surface area contributed by atoms with E-state index < -0.39 is 0 Å². The zero-order valence-electron chi connectivity index (χ0n) is 10.3. The van der Waals surface area contributed by atoms with Gasteiger partial charge in [-0.1, -0.05) is 0 Å². The summed E-state index contributed by atoms with van der Waals surface area (Å²) in [5, 5.41) is 8.86. The van der Waals surface area contributed by atoms with Crippen LogP contribution in [-0.4, -0.2) is 73.4 Å². The van der Waals surface area contributed by atoms with Crippen molar-refractivity contribution in [3.05, 3.63) is 0 Å². The summed E-state index contributed by atoms with van der Waals surface area (Å²) < 4.78 is 5.36. The summed E-state index contributed by atoms with van der Waals surface area (Å²) >= 11 is 0. The molecule has 5 heteroatoms. The van der Waals surface area contributed by atoms with E-state index in [2.05, 4.69) is 4.90 Å². The topological polar surface area (TPSA) is 53.0 Å². The van der Waals surface area contributed by atoms with E-state index in [1.165, 1.54) is 0 Å². The van der Waals surface area contributed by atoms with Gasteiger partial charge in [0, 0.05) is 39.3 Å². The Kier molecular flexibility index (Phi) is 4.76. The smallest absolute Gasteiger partial charge is 0.228 e. The van der Waals surface area contributed by atoms with Gasteiger partial charge in [-0.3, -0.25) is 9.69 Å². The van der Waals surface area contributed by atoms with E-state index in [4.69, 9.17) is 9.84 Å². The maximum Gasteiger partial charge on any atom is 0.228 e. The van der Waals surface area contributed by atoms with Gasteiger partial charge in [-0.2, -0.15) is 0 Å². The summed E-state index contributed by atoms with van der Waals surface area (Å²) in [7, 11) is 0. The molecule has 0 bridgehead atoms. The molecule has 0 spiro atoms. The van der Waals surface area contributed by atoms with E-state index in [0.717, 1.165) is 45.6 Å².